The zero-order valence-electron chi connectivity index (χ0n) is 10.5. The summed E-state index contributed by atoms with van der Waals surface area (Å²) >= 11 is 0. The van der Waals surface area contributed by atoms with E-state index in [0.29, 0.717) is 18.9 Å². The van der Waals surface area contributed by atoms with Crippen LogP contribution in [-0.2, 0) is 11.2 Å². The number of aliphatic carboxylic acids is 1. The maximum atomic E-state index is 11.2. The fourth-order valence-corrected chi connectivity index (χ4v) is 1.76. The molecular formula is C14H21NO2. The third-order valence-corrected chi connectivity index (χ3v) is 2.72. The lowest BCUT2D eigenvalue weighted by Gasteiger charge is -2.14. The summed E-state index contributed by atoms with van der Waals surface area (Å²) in [5.41, 5.74) is 1.09. The van der Waals surface area contributed by atoms with E-state index in [1.165, 1.54) is 0 Å². The van der Waals surface area contributed by atoms with Gasteiger partial charge in [0.25, 0.3) is 0 Å². The highest BCUT2D eigenvalue weighted by atomic mass is 16.4. The lowest BCUT2D eigenvalue weighted by Crippen LogP contribution is -2.28. The molecule has 2 N–H and O–H groups in total. The number of nitrogens with one attached hydrogen (secondary N) is 1. The molecule has 1 unspecified atom stereocenters. The van der Waals surface area contributed by atoms with Crippen molar-refractivity contribution in [2.75, 3.05) is 6.54 Å². The minimum Gasteiger partial charge on any atom is -0.481 e. The van der Waals surface area contributed by atoms with Crippen molar-refractivity contribution >= 4 is 5.97 Å². The summed E-state index contributed by atoms with van der Waals surface area (Å²) in [6, 6.07) is 10.2. The van der Waals surface area contributed by atoms with E-state index in [9.17, 15) is 9.90 Å². The first-order valence-electron chi connectivity index (χ1n) is 6.09. The molecule has 0 spiro atoms. The Balaban J connectivity index is 2.47. The standard InChI is InChI=1S/C14H21NO2/c1-11(2)15-9-8-13(14(16)17)10-12-6-4-3-5-7-12/h3-7,11,13,15H,8-10H2,1-2H3,(H,16,17). The molecular weight excluding hydrogens is 214 g/mol. The van der Waals surface area contributed by atoms with Crippen LogP contribution >= 0.6 is 0 Å². The van der Waals surface area contributed by atoms with Crippen molar-refractivity contribution in [2.45, 2.75) is 32.7 Å². The van der Waals surface area contributed by atoms with E-state index in [-0.39, 0.29) is 5.92 Å². The second-order valence-electron chi connectivity index (χ2n) is 4.62. The predicted octanol–water partition coefficient (Wildman–Crippen LogP) is 2.32. The molecule has 0 aliphatic carbocycles. The van der Waals surface area contributed by atoms with Crippen LogP contribution in [0.25, 0.3) is 0 Å². The Kier molecular flexibility index (Phi) is 5.70. The summed E-state index contributed by atoms with van der Waals surface area (Å²) in [6.07, 6.45) is 1.28. The number of benzene rings is 1. The molecule has 1 aromatic rings. The van der Waals surface area contributed by atoms with Gasteiger partial charge in [-0.15, -0.1) is 0 Å². The zero-order chi connectivity index (χ0) is 12.7. The van der Waals surface area contributed by atoms with Gasteiger partial charge in [-0.05, 0) is 24.9 Å². The SMILES string of the molecule is CC(C)NCCC(Cc1ccccc1)C(=O)O. The maximum Gasteiger partial charge on any atom is 0.306 e. The quantitative estimate of drug-likeness (QED) is 0.762. The number of hydrogen-bond donors (Lipinski definition) is 2. The molecule has 0 bridgehead atoms. The molecule has 3 nitrogen and oxygen atoms in total. The number of carbonyl (C=O) groups is 1. The van der Waals surface area contributed by atoms with Gasteiger partial charge in [0, 0.05) is 6.04 Å². The van der Waals surface area contributed by atoms with Gasteiger partial charge in [-0.1, -0.05) is 44.2 Å². The first-order chi connectivity index (χ1) is 8.09. The number of hydrogen-bond acceptors (Lipinski definition) is 2. The summed E-state index contributed by atoms with van der Waals surface area (Å²) in [5, 5.41) is 12.4. The summed E-state index contributed by atoms with van der Waals surface area (Å²) in [7, 11) is 0. The zero-order valence-corrected chi connectivity index (χ0v) is 10.5. The minimum atomic E-state index is -0.709. The number of carboxylic acid groups (broad SMARTS) is 1. The van der Waals surface area contributed by atoms with Crippen LogP contribution in [0, 0.1) is 5.92 Å². The minimum absolute atomic E-state index is 0.302. The highest BCUT2D eigenvalue weighted by molar-refractivity contribution is 5.70. The van der Waals surface area contributed by atoms with Crippen molar-refractivity contribution in [3.8, 4) is 0 Å². The molecule has 1 rings (SSSR count). The Hall–Kier alpha value is -1.35. The van der Waals surface area contributed by atoms with Crippen LogP contribution in [0.1, 0.15) is 25.8 Å². The predicted molar refractivity (Wildman–Crippen MR) is 69.0 cm³/mol. The normalized spacial score (nSPS) is 12.6. The molecule has 0 amide bonds. The van der Waals surface area contributed by atoms with Gasteiger partial charge in [0.2, 0.25) is 0 Å². The van der Waals surface area contributed by atoms with Gasteiger partial charge < -0.3 is 10.4 Å². The van der Waals surface area contributed by atoms with E-state index in [1.54, 1.807) is 0 Å². The molecule has 0 heterocycles. The smallest absolute Gasteiger partial charge is 0.306 e. The Bertz CT molecular complexity index is 335. The average molecular weight is 235 g/mol. The van der Waals surface area contributed by atoms with Crippen molar-refractivity contribution < 1.29 is 9.90 Å². The van der Waals surface area contributed by atoms with Crippen LogP contribution in [-0.4, -0.2) is 23.7 Å². The third kappa shape index (κ3) is 5.50. The number of rotatable bonds is 7. The van der Waals surface area contributed by atoms with E-state index in [4.69, 9.17) is 0 Å². The summed E-state index contributed by atoms with van der Waals surface area (Å²) in [6.45, 7) is 4.88. The van der Waals surface area contributed by atoms with Crippen molar-refractivity contribution in [1.29, 1.82) is 0 Å². The van der Waals surface area contributed by atoms with Crippen molar-refractivity contribution in [3.63, 3.8) is 0 Å². The van der Waals surface area contributed by atoms with Gasteiger partial charge in [0.05, 0.1) is 5.92 Å². The molecule has 0 aliphatic heterocycles. The lowest BCUT2D eigenvalue weighted by atomic mass is 9.96. The highest BCUT2D eigenvalue weighted by Gasteiger charge is 2.17. The first kappa shape index (κ1) is 13.7. The van der Waals surface area contributed by atoms with Crippen LogP contribution in [0.3, 0.4) is 0 Å². The van der Waals surface area contributed by atoms with Gasteiger partial charge >= 0.3 is 5.97 Å². The van der Waals surface area contributed by atoms with Crippen molar-refractivity contribution in [2.24, 2.45) is 5.92 Å². The first-order valence-corrected chi connectivity index (χ1v) is 6.09. The van der Waals surface area contributed by atoms with E-state index in [1.807, 2.05) is 30.3 Å². The fraction of sp³-hybridized carbons (Fsp3) is 0.500. The lowest BCUT2D eigenvalue weighted by molar-refractivity contribution is -0.141. The maximum absolute atomic E-state index is 11.2. The molecule has 0 aromatic heterocycles. The summed E-state index contributed by atoms with van der Waals surface area (Å²) < 4.78 is 0. The second kappa shape index (κ2) is 7.07. The van der Waals surface area contributed by atoms with Crippen LogP contribution in [0.2, 0.25) is 0 Å². The van der Waals surface area contributed by atoms with Gasteiger partial charge in [-0.2, -0.15) is 0 Å². The Morgan fingerprint density at radius 3 is 2.47 bits per heavy atom. The third-order valence-electron chi connectivity index (χ3n) is 2.72. The van der Waals surface area contributed by atoms with Crippen molar-refractivity contribution in [3.05, 3.63) is 35.9 Å². The summed E-state index contributed by atoms with van der Waals surface area (Å²) in [5.74, 6) is -1.01. The van der Waals surface area contributed by atoms with E-state index >= 15 is 0 Å². The molecule has 94 valence electrons. The van der Waals surface area contributed by atoms with Crippen LogP contribution in [0.15, 0.2) is 30.3 Å². The molecule has 3 heteroatoms. The van der Waals surface area contributed by atoms with Gasteiger partial charge in [-0.3, -0.25) is 4.79 Å². The van der Waals surface area contributed by atoms with Gasteiger partial charge in [0.15, 0.2) is 0 Å². The molecule has 0 radical (unpaired) electrons. The molecule has 1 aromatic carbocycles. The molecule has 17 heavy (non-hydrogen) atoms. The van der Waals surface area contributed by atoms with Crippen molar-refractivity contribution in [1.82, 2.24) is 5.32 Å². The van der Waals surface area contributed by atoms with Gasteiger partial charge in [0.1, 0.15) is 0 Å². The Morgan fingerprint density at radius 2 is 1.94 bits per heavy atom. The Morgan fingerprint density at radius 1 is 1.29 bits per heavy atom. The highest BCUT2D eigenvalue weighted by Crippen LogP contribution is 2.12. The molecule has 0 aliphatic rings. The second-order valence-corrected chi connectivity index (χ2v) is 4.62. The monoisotopic (exact) mass is 235 g/mol. The van der Waals surface area contributed by atoms with Gasteiger partial charge in [-0.25, -0.2) is 0 Å². The molecule has 0 saturated heterocycles. The fourth-order valence-electron chi connectivity index (χ4n) is 1.76. The molecule has 1 atom stereocenters. The van der Waals surface area contributed by atoms with Crippen LogP contribution < -0.4 is 5.32 Å². The largest absolute Gasteiger partial charge is 0.481 e. The van der Waals surface area contributed by atoms with Crippen LogP contribution in [0.5, 0.6) is 0 Å². The average Bonchev–Trinajstić information content (AvgIpc) is 2.28. The van der Waals surface area contributed by atoms with E-state index in [2.05, 4.69) is 19.2 Å². The molecule has 0 saturated carbocycles. The molecule has 0 fully saturated rings. The van der Waals surface area contributed by atoms with E-state index in [0.717, 1.165) is 12.1 Å². The number of carboxylic acids is 1. The van der Waals surface area contributed by atoms with Crippen LogP contribution in [0.4, 0.5) is 0 Å². The topological polar surface area (TPSA) is 49.3 Å². The van der Waals surface area contributed by atoms with E-state index < -0.39 is 5.97 Å². The Labute approximate surface area is 103 Å². The summed E-state index contributed by atoms with van der Waals surface area (Å²) in [4.78, 5) is 11.2.